The standard InChI is InChI=1S/C13H18F3NO/c1-9-7-11(3-5-17)8-10(2)12(9)18-6-4-13(14,15)16/h7-8H,3-6,17H2,1-2H3. The first-order chi connectivity index (χ1) is 8.33. The van der Waals surface area contributed by atoms with E-state index in [-0.39, 0.29) is 6.61 Å². The van der Waals surface area contributed by atoms with E-state index >= 15 is 0 Å². The van der Waals surface area contributed by atoms with E-state index in [1.54, 1.807) is 0 Å². The minimum Gasteiger partial charge on any atom is -0.493 e. The lowest BCUT2D eigenvalue weighted by Crippen LogP contribution is -2.14. The van der Waals surface area contributed by atoms with Crippen molar-refractivity contribution in [2.24, 2.45) is 5.73 Å². The molecule has 2 N–H and O–H groups in total. The first kappa shape index (κ1) is 14.8. The summed E-state index contributed by atoms with van der Waals surface area (Å²) in [6.45, 7) is 3.86. The Morgan fingerprint density at radius 1 is 1.17 bits per heavy atom. The van der Waals surface area contributed by atoms with Crippen LogP contribution in [0, 0.1) is 13.8 Å². The number of halogens is 3. The van der Waals surface area contributed by atoms with Crippen LogP contribution in [0.3, 0.4) is 0 Å². The molecule has 0 radical (unpaired) electrons. The second kappa shape index (κ2) is 6.09. The number of nitrogens with two attached hydrogens (primary N) is 1. The van der Waals surface area contributed by atoms with Gasteiger partial charge in [0.2, 0.25) is 0 Å². The number of hydrogen-bond acceptors (Lipinski definition) is 2. The fourth-order valence-corrected chi connectivity index (χ4v) is 1.85. The summed E-state index contributed by atoms with van der Waals surface area (Å²) in [6.07, 6.45) is -4.36. The molecule has 0 heterocycles. The molecule has 0 aliphatic rings. The Hall–Kier alpha value is -1.23. The van der Waals surface area contributed by atoms with Gasteiger partial charge in [0.05, 0.1) is 13.0 Å². The maximum absolute atomic E-state index is 12.0. The Bertz CT molecular complexity index is 379. The van der Waals surface area contributed by atoms with Gasteiger partial charge in [0.1, 0.15) is 5.75 Å². The van der Waals surface area contributed by atoms with Crippen LogP contribution in [0.2, 0.25) is 0 Å². The molecule has 102 valence electrons. The van der Waals surface area contributed by atoms with E-state index in [0.29, 0.717) is 12.3 Å². The molecule has 0 bridgehead atoms. The molecule has 18 heavy (non-hydrogen) atoms. The van der Waals surface area contributed by atoms with E-state index in [0.717, 1.165) is 23.1 Å². The van der Waals surface area contributed by atoms with Crippen molar-refractivity contribution < 1.29 is 17.9 Å². The third-order valence-electron chi connectivity index (χ3n) is 2.59. The average molecular weight is 261 g/mol. The van der Waals surface area contributed by atoms with Crippen molar-refractivity contribution >= 4 is 0 Å². The molecular formula is C13H18F3NO. The van der Waals surface area contributed by atoms with Crippen molar-refractivity contribution in [3.8, 4) is 5.75 Å². The second-order valence-corrected chi connectivity index (χ2v) is 4.31. The molecule has 1 aromatic rings. The van der Waals surface area contributed by atoms with Crippen molar-refractivity contribution in [1.29, 1.82) is 0 Å². The third-order valence-corrected chi connectivity index (χ3v) is 2.59. The molecular weight excluding hydrogens is 243 g/mol. The van der Waals surface area contributed by atoms with Crippen LogP contribution in [0.4, 0.5) is 13.2 Å². The Labute approximate surface area is 105 Å². The lowest BCUT2D eigenvalue weighted by Gasteiger charge is -2.14. The smallest absolute Gasteiger partial charge is 0.392 e. The van der Waals surface area contributed by atoms with Crippen LogP contribution < -0.4 is 10.5 Å². The predicted molar refractivity (Wildman–Crippen MR) is 64.8 cm³/mol. The summed E-state index contributed by atoms with van der Waals surface area (Å²) in [5.41, 5.74) is 8.25. The molecule has 0 amide bonds. The summed E-state index contributed by atoms with van der Waals surface area (Å²) < 4.78 is 41.3. The zero-order valence-electron chi connectivity index (χ0n) is 10.6. The summed E-state index contributed by atoms with van der Waals surface area (Å²) in [5, 5.41) is 0. The van der Waals surface area contributed by atoms with Crippen LogP contribution in [-0.2, 0) is 6.42 Å². The topological polar surface area (TPSA) is 35.2 Å². The van der Waals surface area contributed by atoms with Gasteiger partial charge >= 0.3 is 6.18 Å². The van der Waals surface area contributed by atoms with Crippen molar-refractivity contribution in [3.63, 3.8) is 0 Å². The van der Waals surface area contributed by atoms with Crippen LogP contribution in [0.5, 0.6) is 5.75 Å². The highest BCUT2D eigenvalue weighted by molar-refractivity contribution is 5.43. The van der Waals surface area contributed by atoms with Crippen LogP contribution >= 0.6 is 0 Å². The van der Waals surface area contributed by atoms with Crippen molar-refractivity contribution in [1.82, 2.24) is 0 Å². The van der Waals surface area contributed by atoms with Crippen LogP contribution in [0.15, 0.2) is 12.1 Å². The van der Waals surface area contributed by atoms with Gasteiger partial charge in [0.25, 0.3) is 0 Å². The van der Waals surface area contributed by atoms with E-state index in [1.165, 1.54) is 0 Å². The Balaban J connectivity index is 2.71. The molecule has 1 aromatic carbocycles. The van der Waals surface area contributed by atoms with Gasteiger partial charge in [-0.3, -0.25) is 0 Å². The minimum atomic E-state index is -4.18. The normalized spacial score (nSPS) is 11.7. The highest BCUT2D eigenvalue weighted by atomic mass is 19.4. The van der Waals surface area contributed by atoms with Crippen LogP contribution in [0.1, 0.15) is 23.1 Å². The van der Waals surface area contributed by atoms with E-state index in [2.05, 4.69) is 0 Å². The average Bonchev–Trinajstić information content (AvgIpc) is 2.21. The molecule has 0 aliphatic carbocycles. The van der Waals surface area contributed by atoms with E-state index in [9.17, 15) is 13.2 Å². The van der Waals surface area contributed by atoms with Gasteiger partial charge in [-0.15, -0.1) is 0 Å². The molecule has 0 spiro atoms. The molecule has 0 aromatic heterocycles. The summed E-state index contributed by atoms with van der Waals surface area (Å²) in [6, 6.07) is 3.81. The number of benzene rings is 1. The minimum absolute atomic E-state index is 0.346. The SMILES string of the molecule is Cc1cc(CCN)cc(C)c1OCCC(F)(F)F. The quantitative estimate of drug-likeness (QED) is 0.883. The Kier molecular flexibility index (Phi) is 5.02. The van der Waals surface area contributed by atoms with Gasteiger partial charge in [-0.1, -0.05) is 12.1 Å². The third kappa shape index (κ3) is 4.56. The zero-order valence-corrected chi connectivity index (χ0v) is 10.6. The Morgan fingerprint density at radius 3 is 2.17 bits per heavy atom. The molecule has 5 heteroatoms. The molecule has 0 saturated heterocycles. The number of ether oxygens (including phenoxy) is 1. The maximum Gasteiger partial charge on any atom is 0.392 e. The summed E-state index contributed by atoms with van der Waals surface area (Å²) in [7, 11) is 0. The summed E-state index contributed by atoms with van der Waals surface area (Å²) in [4.78, 5) is 0. The highest BCUT2D eigenvalue weighted by Crippen LogP contribution is 2.26. The van der Waals surface area contributed by atoms with Crippen LogP contribution in [0.25, 0.3) is 0 Å². The molecule has 0 saturated carbocycles. The fourth-order valence-electron chi connectivity index (χ4n) is 1.85. The molecule has 1 rings (SSSR count). The van der Waals surface area contributed by atoms with Crippen LogP contribution in [-0.4, -0.2) is 19.3 Å². The molecule has 2 nitrogen and oxygen atoms in total. The van der Waals surface area contributed by atoms with E-state index < -0.39 is 12.6 Å². The summed E-state index contributed by atoms with van der Waals surface area (Å²) in [5.74, 6) is 0.542. The largest absolute Gasteiger partial charge is 0.493 e. The molecule has 0 fully saturated rings. The zero-order chi connectivity index (χ0) is 13.8. The van der Waals surface area contributed by atoms with Gasteiger partial charge in [0.15, 0.2) is 0 Å². The number of hydrogen-bond donors (Lipinski definition) is 1. The van der Waals surface area contributed by atoms with Crippen molar-refractivity contribution in [2.45, 2.75) is 32.9 Å². The predicted octanol–water partition coefficient (Wildman–Crippen LogP) is 3.14. The lowest BCUT2D eigenvalue weighted by molar-refractivity contribution is -0.139. The van der Waals surface area contributed by atoms with Gasteiger partial charge in [-0.25, -0.2) is 0 Å². The van der Waals surface area contributed by atoms with Crippen molar-refractivity contribution in [2.75, 3.05) is 13.2 Å². The fraction of sp³-hybridized carbons (Fsp3) is 0.538. The first-order valence-corrected chi connectivity index (χ1v) is 5.83. The molecule has 0 aliphatic heterocycles. The van der Waals surface area contributed by atoms with Gasteiger partial charge in [0, 0.05) is 0 Å². The monoisotopic (exact) mass is 261 g/mol. The number of aryl methyl sites for hydroxylation is 2. The Morgan fingerprint density at radius 2 is 1.72 bits per heavy atom. The van der Waals surface area contributed by atoms with Crippen molar-refractivity contribution in [3.05, 3.63) is 28.8 Å². The number of alkyl halides is 3. The van der Waals surface area contributed by atoms with Gasteiger partial charge in [-0.2, -0.15) is 13.2 Å². The van der Waals surface area contributed by atoms with Gasteiger partial charge in [-0.05, 0) is 43.5 Å². The lowest BCUT2D eigenvalue weighted by atomic mass is 10.0. The molecule has 0 atom stereocenters. The van der Waals surface area contributed by atoms with E-state index in [4.69, 9.17) is 10.5 Å². The second-order valence-electron chi connectivity index (χ2n) is 4.31. The highest BCUT2D eigenvalue weighted by Gasteiger charge is 2.27. The summed E-state index contributed by atoms with van der Waals surface area (Å²) >= 11 is 0. The van der Waals surface area contributed by atoms with Gasteiger partial charge < -0.3 is 10.5 Å². The number of rotatable bonds is 5. The van der Waals surface area contributed by atoms with E-state index in [1.807, 2.05) is 26.0 Å². The molecule has 0 unspecified atom stereocenters. The first-order valence-electron chi connectivity index (χ1n) is 5.83. The maximum atomic E-state index is 12.0.